The third kappa shape index (κ3) is 2.29. The predicted molar refractivity (Wildman–Crippen MR) is 72.1 cm³/mol. The van der Waals surface area contributed by atoms with E-state index in [1.807, 2.05) is 43.3 Å². The van der Waals surface area contributed by atoms with Gasteiger partial charge in [-0.3, -0.25) is 4.79 Å². The largest absolute Gasteiger partial charge is 0.466 e. The van der Waals surface area contributed by atoms with Crippen LogP contribution in [-0.2, 0) is 11.3 Å². The van der Waals surface area contributed by atoms with E-state index in [0.717, 1.165) is 16.8 Å². The van der Waals surface area contributed by atoms with Gasteiger partial charge in [0, 0.05) is 6.20 Å². The Morgan fingerprint density at radius 3 is 2.89 bits per heavy atom. The summed E-state index contributed by atoms with van der Waals surface area (Å²) in [4.78, 5) is 18.0. The van der Waals surface area contributed by atoms with Crippen LogP contribution in [0.15, 0.2) is 42.6 Å². The van der Waals surface area contributed by atoms with Gasteiger partial charge >= 0.3 is 0 Å². The molecular formula is C15H14N2O2. The van der Waals surface area contributed by atoms with Gasteiger partial charge in [-0.05, 0) is 24.1 Å². The van der Waals surface area contributed by atoms with Crippen molar-refractivity contribution in [1.29, 1.82) is 0 Å². The van der Waals surface area contributed by atoms with E-state index in [9.17, 15) is 4.79 Å². The second-order valence-corrected chi connectivity index (χ2v) is 4.59. The number of ether oxygens (including phenoxy) is 1. The van der Waals surface area contributed by atoms with Gasteiger partial charge in [-0.15, -0.1) is 0 Å². The lowest BCUT2D eigenvalue weighted by atomic mass is 10.2. The second kappa shape index (κ2) is 4.72. The highest BCUT2D eigenvalue weighted by atomic mass is 16.5. The fourth-order valence-corrected chi connectivity index (χ4v) is 2.13. The molecule has 1 aromatic heterocycles. The Morgan fingerprint density at radius 2 is 2.11 bits per heavy atom. The number of carbonyl (C=O) groups excluding carboxylic acids is 1. The summed E-state index contributed by atoms with van der Waals surface area (Å²) in [6.07, 6.45) is 1.75. The number of aryl methyl sites for hydroxylation is 1. The van der Waals surface area contributed by atoms with Gasteiger partial charge in [0.15, 0.2) is 6.61 Å². The van der Waals surface area contributed by atoms with Crippen molar-refractivity contribution in [2.24, 2.45) is 0 Å². The normalized spacial score (nSPS) is 13.9. The first kappa shape index (κ1) is 11.7. The maximum Gasteiger partial charge on any atom is 0.265 e. The van der Waals surface area contributed by atoms with E-state index in [0.29, 0.717) is 12.4 Å². The van der Waals surface area contributed by atoms with Gasteiger partial charge in [0.05, 0.1) is 6.54 Å². The maximum absolute atomic E-state index is 12.0. The van der Waals surface area contributed by atoms with Gasteiger partial charge in [-0.1, -0.05) is 30.3 Å². The molecule has 2 heterocycles. The first-order chi connectivity index (χ1) is 9.24. The van der Waals surface area contributed by atoms with Crippen LogP contribution < -0.4 is 9.64 Å². The van der Waals surface area contributed by atoms with Gasteiger partial charge in [0.2, 0.25) is 5.88 Å². The minimum Gasteiger partial charge on any atom is -0.466 e. The number of hydrogen-bond donors (Lipinski definition) is 0. The van der Waals surface area contributed by atoms with Crippen molar-refractivity contribution < 1.29 is 9.53 Å². The van der Waals surface area contributed by atoms with E-state index in [-0.39, 0.29) is 12.5 Å². The number of hydrogen-bond acceptors (Lipinski definition) is 3. The number of anilines is 1. The van der Waals surface area contributed by atoms with Crippen LogP contribution in [0.2, 0.25) is 0 Å². The Labute approximate surface area is 111 Å². The molecule has 1 aromatic carbocycles. The summed E-state index contributed by atoms with van der Waals surface area (Å²) < 4.78 is 5.36. The summed E-state index contributed by atoms with van der Waals surface area (Å²) in [7, 11) is 0. The maximum atomic E-state index is 12.0. The summed E-state index contributed by atoms with van der Waals surface area (Å²) in [5.41, 5.74) is 2.85. The topological polar surface area (TPSA) is 42.4 Å². The van der Waals surface area contributed by atoms with Crippen molar-refractivity contribution in [2.45, 2.75) is 13.5 Å². The van der Waals surface area contributed by atoms with Gasteiger partial charge in [0.1, 0.15) is 5.69 Å². The third-order valence-corrected chi connectivity index (χ3v) is 3.08. The first-order valence-corrected chi connectivity index (χ1v) is 6.18. The van der Waals surface area contributed by atoms with Crippen molar-refractivity contribution in [3.63, 3.8) is 0 Å². The zero-order chi connectivity index (χ0) is 13.2. The molecule has 0 unspecified atom stereocenters. The van der Waals surface area contributed by atoms with Crippen LogP contribution in [0.3, 0.4) is 0 Å². The highest BCUT2D eigenvalue weighted by molar-refractivity contribution is 5.97. The molecule has 96 valence electrons. The molecular weight excluding hydrogens is 240 g/mol. The molecule has 0 N–H and O–H groups in total. The Morgan fingerprint density at radius 1 is 1.32 bits per heavy atom. The molecule has 4 nitrogen and oxygen atoms in total. The number of rotatable bonds is 2. The van der Waals surface area contributed by atoms with Crippen molar-refractivity contribution in [3.05, 3.63) is 53.7 Å². The van der Waals surface area contributed by atoms with E-state index in [1.54, 1.807) is 11.1 Å². The number of aromatic nitrogens is 1. The Kier molecular flexibility index (Phi) is 2.91. The number of pyridine rings is 1. The van der Waals surface area contributed by atoms with E-state index in [4.69, 9.17) is 4.74 Å². The lowest BCUT2D eigenvalue weighted by Crippen LogP contribution is -2.38. The van der Waals surface area contributed by atoms with Crippen molar-refractivity contribution in [1.82, 2.24) is 4.98 Å². The minimum absolute atomic E-state index is 0.0382. The predicted octanol–water partition coefficient (Wildman–Crippen LogP) is 2.32. The molecule has 0 aliphatic carbocycles. The molecule has 1 amide bonds. The Bertz CT molecular complexity index is 611. The third-order valence-electron chi connectivity index (χ3n) is 3.08. The molecule has 0 saturated heterocycles. The summed E-state index contributed by atoms with van der Waals surface area (Å²) in [5, 5.41) is 0. The van der Waals surface area contributed by atoms with Crippen LogP contribution in [0.25, 0.3) is 0 Å². The zero-order valence-electron chi connectivity index (χ0n) is 10.7. The van der Waals surface area contributed by atoms with Crippen LogP contribution >= 0.6 is 0 Å². The molecule has 3 rings (SSSR count). The van der Waals surface area contributed by atoms with Gasteiger partial charge in [0.25, 0.3) is 5.91 Å². The summed E-state index contributed by atoms with van der Waals surface area (Å²) in [6.45, 7) is 2.55. The van der Waals surface area contributed by atoms with E-state index < -0.39 is 0 Å². The van der Waals surface area contributed by atoms with Crippen molar-refractivity contribution >= 4 is 11.6 Å². The number of nitrogens with zero attached hydrogens (tertiary/aromatic N) is 2. The highest BCUT2D eigenvalue weighted by Gasteiger charge is 2.26. The molecule has 4 heteroatoms. The van der Waals surface area contributed by atoms with Crippen LogP contribution in [0.5, 0.6) is 5.88 Å². The molecule has 1 aliphatic rings. The SMILES string of the molecule is Cc1cnc2c(c1)N(Cc1ccccc1)C(=O)CO2. The highest BCUT2D eigenvalue weighted by Crippen LogP contribution is 2.31. The summed E-state index contributed by atoms with van der Waals surface area (Å²) in [5.74, 6) is 0.491. The quantitative estimate of drug-likeness (QED) is 0.826. The minimum atomic E-state index is -0.0382. The Hall–Kier alpha value is -2.36. The monoisotopic (exact) mass is 254 g/mol. The van der Waals surface area contributed by atoms with Gasteiger partial charge < -0.3 is 9.64 Å². The lowest BCUT2D eigenvalue weighted by molar-refractivity contribution is -0.121. The van der Waals surface area contributed by atoms with Crippen molar-refractivity contribution in [2.75, 3.05) is 11.5 Å². The number of carbonyl (C=O) groups is 1. The molecule has 0 saturated carbocycles. The molecule has 0 atom stereocenters. The number of fused-ring (bicyclic) bond motifs is 1. The second-order valence-electron chi connectivity index (χ2n) is 4.59. The van der Waals surface area contributed by atoms with Gasteiger partial charge in [-0.25, -0.2) is 4.98 Å². The lowest BCUT2D eigenvalue weighted by Gasteiger charge is -2.28. The van der Waals surface area contributed by atoms with Crippen LogP contribution in [-0.4, -0.2) is 17.5 Å². The molecule has 2 aromatic rings. The van der Waals surface area contributed by atoms with Crippen LogP contribution in [0.4, 0.5) is 5.69 Å². The zero-order valence-corrected chi connectivity index (χ0v) is 10.7. The van der Waals surface area contributed by atoms with E-state index in [1.165, 1.54) is 0 Å². The first-order valence-electron chi connectivity index (χ1n) is 6.18. The smallest absolute Gasteiger partial charge is 0.265 e. The summed E-state index contributed by atoms with van der Waals surface area (Å²) in [6, 6.07) is 11.8. The Balaban J connectivity index is 1.97. The van der Waals surface area contributed by atoms with Crippen molar-refractivity contribution in [3.8, 4) is 5.88 Å². The molecule has 0 bridgehead atoms. The van der Waals surface area contributed by atoms with E-state index in [2.05, 4.69) is 4.98 Å². The van der Waals surface area contributed by atoms with Crippen LogP contribution in [0, 0.1) is 6.92 Å². The molecule has 0 spiro atoms. The van der Waals surface area contributed by atoms with Crippen LogP contribution in [0.1, 0.15) is 11.1 Å². The molecule has 0 fully saturated rings. The van der Waals surface area contributed by atoms with Gasteiger partial charge in [-0.2, -0.15) is 0 Å². The standard InChI is InChI=1S/C15H14N2O2/c1-11-7-13-15(16-8-11)19-10-14(18)17(13)9-12-5-3-2-4-6-12/h2-8H,9-10H2,1H3. The number of benzene rings is 1. The average molecular weight is 254 g/mol. The average Bonchev–Trinajstić information content (AvgIpc) is 2.43. The summed E-state index contributed by atoms with van der Waals surface area (Å²) >= 11 is 0. The fraction of sp³-hybridized carbons (Fsp3) is 0.200. The molecule has 0 radical (unpaired) electrons. The number of amides is 1. The van der Waals surface area contributed by atoms with E-state index >= 15 is 0 Å². The fourth-order valence-electron chi connectivity index (χ4n) is 2.13. The molecule has 19 heavy (non-hydrogen) atoms. The molecule has 1 aliphatic heterocycles.